The van der Waals surface area contributed by atoms with Crippen molar-refractivity contribution in [3.63, 3.8) is 0 Å². The van der Waals surface area contributed by atoms with Crippen LogP contribution in [0.3, 0.4) is 0 Å². The minimum absolute atomic E-state index is 0.0605. The third-order valence-electron chi connectivity index (χ3n) is 8.64. The Morgan fingerprint density at radius 3 is 2.00 bits per heavy atom. The molecule has 1 saturated heterocycles. The minimum Gasteiger partial charge on any atom is -0.457 e. The molecule has 2 aliphatic rings. The first-order valence-corrected chi connectivity index (χ1v) is 20.4. The first-order valence-electron chi connectivity index (χ1n) is 17.3. The highest BCUT2D eigenvalue weighted by Crippen LogP contribution is 2.42. The quantitative estimate of drug-likeness (QED) is 0.0298. The molecule has 286 valence electrons. The molecule has 1 fully saturated rings. The molecule has 6 rings (SSSR count). The number of aromatic nitrogens is 1. The van der Waals surface area contributed by atoms with Gasteiger partial charge < -0.3 is 24.6 Å². The first kappa shape index (κ1) is 39.7. The van der Waals surface area contributed by atoms with Crippen molar-refractivity contribution in [1.29, 1.82) is 0 Å². The lowest BCUT2D eigenvalue weighted by atomic mass is 9.77. The fraction of sp³-hybridized carbons (Fsp3) is 0.300. The van der Waals surface area contributed by atoms with Gasteiger partial charge in [-0.3, -0.25) is 9.59 Å². The van der Waals surface area contributed by atoms with Crippen molar-refractivity contribution in [2.45, 2.75) is 56.7 Å². The number of amides is 2. The number of thioether (sulfide) groups is 1. The van der Waals surface area contributed by atoms with E-state index < -0.39 is 57.5 Å². The number of oxime groups is 1. The Labute approximate surface area is 335 Å². The number of nitrogens with one attached hydrogen (secondary N) is 2. The number of benzene rings is 3. The van der Waals surface area contributed by atoms with Crippen molar-refractivity contribution < 1.29 is 33.6 Å². The summed E-state index contributed by atoms with van der Waals surface area (Å²) in [4.78, 5) is 69.9. The molecule has 0 aliphatic carbocycles. The van der Waals surface area contributed by atoms with Crippen LogP contribution in [-0.4, -0.2) is 67.0 Å². The van der Waals surface area contributed by atoms with Crippen LogP contribution in [0.15, 0.2) is 113 Å². The van der Waals surface area contributed by atoms with Crippen molar-refractivity contribution in [2.75, 3.05) is 16.4 Å². The predicted octanol–water partition coefficient (Wildman–Crippen LogP) is 6.77. The number of hydrogen-bond donors (Lipinski definition) is 2. The summed E-state index contributed by atoms with van der Waals surface area (Å²) in [6.45, 7) is 8.06. The number of rotatable bonds is 12. The molecule has 0 saturated carbocycles. The monoisotopic (exact) mass is 845 g/mol. The molecule has 55 heavy (non-hydrogen) atoms. The van der Waals surface area contributed by atoms with Gasteiger partial charge in [0.1, 0.15) is 22.2 Å². The maximum Gasteiger partial charge on any atom is 0.353 e. The highest BCUT2D eigenvalue weighted by molar-refractivity contribution is 9.09. The Hall–Kier alpha value is -4.99. The first-order chi connectivity index (χ1) is 26.2. The van der Waals surface area contributed by atoms with Crippen molar-refractivity contribution in [1.82, 2.24) is 15.4 Å². The second kappa shape index (κ2) is 16.4. The van der Waals surface area contributed by atoms with Gasteiger partial charge in [0.15, 0.2) is 16.8 Å². The fourth-order valence-corrected chi connectivity index (χ4v) is 8.57. The molecule has 2 amide bonds. The van der Waals surface area contributed by atoms with Crippen LogP contribution >= 0.6 is 39.0 Å². The molecular formula is C40H40BrN5O7S2. The molecule has 0 radical (unpaired) electrons. The van der Waals surface area contributed by atoms with E-state index in [9.17, 15) is 19.2 Å². The third-order valence-corrected chi connectivity index (χ3v) is 11.5. The van der Waals surface area contributed by atoms with Gasteiger partial charge in [0.05, 0.1) is 0 Å². The summed E-state index contributed by atoms with van der Waals surface area (Å²) in [6, 6.07) is 29.8. The van der Waals surface area contributed by atoms with E-state index in [1.165, 1.54) is 41.8 Å². The number of halogens is 1. The highest BCUT2D eigenvalue weighted by atomic mass is 79.9. The summed E-state index contributed by atoms with van der Waals surface area (Å²) >= 11 is 6.04. The average Bonchev–Trinajstić information content (AvgIpc) is 3.64. The Bertz CT molecular complexity index is 2010. The van der Waals surface area contributed by atoms with Crippen molar-refractivity contribution in [3.05, 3.63) is 131 Å². The summed E-state index contributed by atoms with van der Waals surface area (Å²) in [6.07, 6.45) is 1.73. The number of hydroxylamine groups is 1. The summed E-state index contributed by atoms with van der Waals surface area (Å²) in [5.74, 6) is -3.52. The number of ether oxygens (including phenoxy) is 1. The molecule has 0 bridgehead atoms. The van der Waals surface area contributed by atoms with Crippen LogP contribution in [0.25, 0.3) is 0 Å². The van der Waals surface area contributed by atoms with Gasteiger partial charge in [0, 0.05) is 22.7 Å². The number of β-lactam (4-membered cyclic amide) rings is 1. The van der Waals surface area contributed by atoms with E-state index in [0.29, 0.717) is 16.2 Å². The van der Waals surface area contributed by atoms with E-state index in [-0.39, 0.29) is 5.69 Å². The average molecular weight is 847 g/mol. The fourth-order valence-electron chi connectivity index (χ4n) is 5.91. The second-order valence-electron chi connectivity index (χ2n) is 14.3. The number of thiazole rings is 1. The molecule has 3 heterocycles. The van der Waals surface area contributed by atoms with Crippen LogP contribution < -0.4 is 10.8 Å². The van der Waals surface area contributed by atoms with Gasteiger partial charge >= 0.3 is 17.8 Å². The molecule has 0 spiro atoms. The van der Waals surface area contributed by atoms with Crippen LogP contribution in [-0.2, 0) is 39.1 Å². The van der Waals surface area contributed by atoms with Crippen LogP contribution in [0.1, 0.15) is 57.0 Å². The van der Waals surface area contributed by atoms with Gasteiger partial charge in [-0.05, 0) is 56.9 Å². The Morgan fingerprint density at radius 1 is 0.909 bits per heavy atom. The van der Waals surface area contributed by atoms with Crippen molar-refractivity contribution in [3.8, 4) is 0 Å². The molecular weight excluding hydrogens is 807 g/mol. The summed E-state index contributed by atoms with van der Waals surface area (Å²) in [5, 5.41) is 9.93. The lowest BCUT2D eigenvalue weighted by Crippen LogP contribution is -2.61. The van der Waals surface area contributed by atoms with E-state index in [1.807, 2.05) is 91.0 Å². The SMILES string of the molecule is CC(C)(C)OC(=O)C(C)(C)ON=C(C(=O)NOC(=O)C1C(=O)N2C=C(CBr)CS[C@@H]12)c1csc(NC(c2ccccc2)(c2ccccc2)c2ccccc2)n1. The van der Waals surface area contributed by atoms with Crippen LogP contribution in [0.5, 0.6) is 0 Å². The number of carbonyl (C=O) groups is 4. The van der Waals surface area contributed by atoms with Crippen LogP contribution in [0.2, 0.25) is 0 Å². The normalized spacial score (nSPS) is 17.3. The van der Waals surface area contributed by atoms with E-state index in [2.05, 4.69) is 31.9 Å². The van der Waals surface area contributed by atoms with Gasteiger partial charge in [-0.25, -0.2) is 14.6 Å². The smallest absolute Gasteiger partial charge is 0.353 e. The molecule has 2 aliphatic heterocycles. The zero-order valence-electron chi connectivity index (χ0n) is 30.8. The Balaban J connectivity index is 1.32. The third kappa shape index (κ3) is 8.63. The van der Waals surface area contributed by atoms with Gasteiger partial charge in [-0.2, -0.15) is 5.48 Å². The number of nitrogens with zero attached hydrogens (tertiary/aromatic N) is 3. The molecule has 4 aromatic rings. The van der Waals surface area contributed by atoms with E-state index in [4.69, 9.17) is 19.4 Å². The number of hydrogen-bond acceptors (Lipinski definition) is 12. The molecule has 1 unspecified atom stereocenters. The molecule has 3 aromatic carbocycles. The lowest BCUT2D eigenvalue weighted by Gasteiger charge is -2.45. The highest BCUT2D eigenvalue weighted by Gasteiger charge is 2.54. The Kier molecular flexibility index (Phi) is 11.8. The Morgan fingerprint density at radius 2 is 1.47 bits per heavy atom. The standard InChI is InChI=1S/C40H40BrN5O7S2/c1-38(2,3)51-36(50)39(4,5)53-44-31(32(47)45-52-35(49)30-33(48)46-22-25(21-41)23-54-34(30)46)29-24-55-37(42-29)43-40(26-15-9-6-10-16-26,27-17-11-7-12-18-27)28-19-13-8-14-20-28/h6-20,22,24,30,34H,21,23H2,1-5H3,(H,42,43)(H,45,47)/t30?,34-/m0/s1. The maximum absolute atomic E-state index is 13.8. The molecule has 15 heteroatoms. The number of anilines is 1. The van der Waals surface area contributed by atoms with Crippen LogP contribution in [0, 0.1) is 5.92 Å². The van der Waals surface area contributed by atoms with Gasteiger partial charge in [-0.1, -0.05) is 112 Å². The zero-order chi connectivity index (χ0) is 39.4. The van der Waals surface area contributed by atoms with Crippen molar-refractivity contribution in [2.24, 2.45) is 11.1 Å². The second-order valence-corrected chi connectivity index (χ2v) is 16.8. The zero-order valence-corrected chi connectivity index (χ0v) is 34.0. The summed E-state index contributed by atoms with van der Waals surface area (Å²) < 4.78 is 5.51. The largest absolute Gasteiger partial charge is 0.457 e. The van der Waals surface area contributed by atoms with Gasteiger partial charge in [0.25, 0.3) is 0 Å². The van der Waals surface area contributed by atoms with Crippen molar-refractivity contribution >= 4 is 73.6 Å². The molecule has 1 aromatic heterocycles. The van der Waals surface area contributed by atoms with Crippen LogP contribution in [0.4, 0.5) is 5.13 Å². The topological polar surface area (TPSA) is 149 Å². The summed E-state index contributed by atoms with van der Waals surface area (Å²) in [7, 11) is 0. The number of carbonyl (C=O) groups excluding carboxylic acids is 4. The van der Waals surface area contributed by atoms with E-state index >= 15 is 0 Å². The van der Waals surface area contributed by atoms with Gasteiger partial charge in [0.2, 0.25) is 11.5 Å². The predicted molar refractivity (Wildman–Crippen MR) is 215 cm³/mol. The van der Waals surface area contributed by atoms with E-state index in [0.717, 1.165) is 22.3 Å². The lowest BCUT2D eigenvalue weighted by molar-refractivity contribution is -0.179. The molecule has 2 N–H and O–H groups in total. The van der Waals surface area contributed by atoms with E-state index in [1.54, 1.807) is 32.4 Å². The minimum atomic E-state index is -1.63. The number of alkyl halides is 1. The molecule has 12 nitrogen and oxygen atoms in total. The maximum atomic E-state index is 13.8. The van der Waals surface area contributed by atoms with Gasteiger partial charge in [-0.15, -0.1) is 23.1 Å². The molecule has 2 atom stereocenters. The number of esters is 1. The summed E-state index contributed by atoms with van der Waals surface area (Å²) in [5.41, 5.74) is 2.25. The number of fused-ring (bicyclic) bond motifs is 1.